The number of nitrogens with one attached hydrogen (secondary N) is 1. The fourth-order valence-corrected chi connectivity index (χ4v) is 2.99. The molecule has 7 nitrogen and oxygen atoms in total. The molecule has 1 fully saturated rings. The highest BCUT2D eigenvalue weighted by Gasteiger charge is 2.23. The van der Waals surface area contributed by atoms with Crippen molar-refractivity contribution in [2.45, 2.75) is 25.9 Å². The number of hydrogen-bond acceptors (Lipinski definition) is 5. The van der Waals surface area contributed by atoms with Crippen LogP contribution in [-0.4, -0.2) is 54.2 Å². The van der Waals surface area contributed by atoms with Gasteiger partial charge in [-0.3, -0.25) is 9.59 Å². The normalized spacial score (nSPS) is 15.0. The second kappa shape index (κ2) is 8.62. The molecule has 1 aliphatic heterocycles. The quantitative estimate of drug-likeness (QED) is 0.856. The highest BCUT2D eigenvalue weighted by Crippen LogP contribution is 2.19. The van der Waals surface area contributed by atoms with Gasteiger partial charge in [0.1, 0.15) is 0 Å². The summed E-state index contributed by atoms with van der Waals surface area (Å²) < 4.78 is 10.8. The van der Waals surface area contributed by atoms with Gasteiger partial charge in [0.05, 0.1) is 12.6 Å². The van der Waals surface area contributed by atoms with Gasteiger partial charge in [0, 0.05) is 31.3 Å². The molecule has 1 aromatic carbocycles. The summed E-state index contributed by atoms with van der Waals surface area (Å²) in [7, 11) is 0. The summed E-state index contributed by atoms with van der Waals surface area (Å²) in [5, 5.41) is 6.40. The van der Waals surface area contributed by atoms with Crippen LogP contribution in [0.1, 0.15) is 30.3 Å². The fraction of sp³-hybridized carbons (Fsp3) is 0.421. The van der Waals surface area contributed by atoms with Crippen molar-refractivity contribution in [3.05, 3.63) is 42.1 Å². The SMILES string of the molecule is CCOC1CCN(C(=O)CNC(=O)c2cc(-c3ccccc3)on2)CC1. The maximum absolute atomic E-state index is 12.3. The third-order valence-corrected chi connectivity index (χ3v) is 4.40. The van der Waals surface area contributed by atoms with Crippen molar-refractivity contribution >= 4 is 11.8 Å². The van der Waals surface area contributed by atoms with Gasteiger partial charge in [-0.05, 0) is 19.8 Å². The summed E-state index contributed by atoms with van der Waals surface area (Å²) in [4.78, 5) is 26.2. The summed E-state index contributed by atoms with van der Waals surface area (Å²) in [5.41, 5.74) is 0.999. The molecule has 138 valence electrons. The van der Waals surface area contributed by atoms with Gasteiger partial charge in [-0.15, -0.1) is 0 Å². The molecule has 2 aromatic rings. The maximum atomic E-state index is 12.3. The number of carbonyl (C=O) groups is 2. The molecule has 0 radical (unpaired) electrons. The van der Waals surface area contributed by atoms with Crippen LogP contribution in [0.3, 0.4) is 0 Å². The van der Waals surface area contributed by atoms with Crippen molar-refractivity contribution in [3.8, 4) is 11.3 Å². The van der Waals surface area contributed by atoms with Gasteiger partial charge in [0.25, 0.3) is 5.91 Å². The number of piperidine rings is 1. The van der Waals surface area contributed by atoms with E-state index in [-0.39, 0.29) is 24.2 Å². The maximum Gasteiger partial charge on any atom is 0.273 e. The van der Waals surface area contributed by atoms with E-state index in [4.69, 9.17) is 9.26 Å². The van der Waals surface area contributed by atoms with E-state index >= 15 is 0 Å². The number of rotatable bonds is 6. The van der Waals surface area contributed by atoms with Crippen LogP contribution in [0.4, 0.5) is 0 Å². The lowest BCUT2D eigenvalue weighted by atomic mass is 10.1. The van der Waals surface area contributed by atoms with Gasteiger partial charge in [0.15, 0.2) is 11.5 Å². The second-order valence-electron chi connectivity index (χ2n) is 6.16. The lowest BCUT2D eigenvalue weighted by molar-refractivity contribution is -0.132. The van der Waals surface area contributed by atoms with Crippen LogP contribution < -0.4 is 5.32 Å². The largest absolute Gasteiger partial charge is 0.378 e. The molecule has 0 spiro atoms. The molecule has 7 heteroatoms. The topological polar surface area (TPSA) is 84.7 Å². The molecule has 1 aromatic heterocycles. The first-order valence-electron chi connectivity index (χ1n) is 8.87. The van der Waals surface area contributed by atoms with E-state index in [0.29, 0.717) is 25.5 Å². The van der Waals surface area contributed by atoms with Crippen LogP contribution in [0, 0.1) is 0 Å². The van der Waals surface area contributed by atoms with Gasteiger partial charge in [0.2, 0.25) is 5.91 Å². The minimum Gasteiger partial charge on any atom is -0.378 e. The minimum absolute atomic E-state index is 0.0499. The zero-order chi connectivity index (χ0) is 18.4. The second-order valence-corrected chi connectivity index (χ2v) is 6.16. The average molecular weight is 357 g/mol. The van der Waals surface area contributed by atoms with Crippen molar-refractivity contribution in [2.75, 3.05) is 26.2 Å². The molecule has 0 bridgehead atoms. The van der Waals surface area contributed by atoms with E-state index in [2.05, 4.69) is 10.5 Å². The standard InChI is InChI=1S/C19H23N3O4/c1-2-25-15-8-10-22(11-9-15)18(23)13-20-19(24)16-12-17(26-21-16)14-6-4-3-5-7-14/h3-7,12,15H,2,8-11,13H2,1H3,(H,20,24). The lowest BCUT2D eigenvalue weighted by Crippen LogP contribution is -2.45. The van der Waals surface area contributed by atoms with E-state index in [0.717, 1.165) is 18.4 Å². The lowest BCUT2D eigenvalue weighted by Gasteiger charge is -2.31. The van der Waals surface area contributed by atoms with Crippen LogP contribution >= 0.6 is 0 Å². The number of hydrogen-bond donors (Lipinski definition) is 1. The Morgan fingerprint density at radius 2 is 2.00 bits per heavy atom. The first-order chi connectivity index (χ1) is 12.7. The zero-order valence-corrected chi connectivity index (χ0v) is 14.8. The van der Waals surface area contributed by atoms with Crippen molar-refractivity contribution in [3.63, 3.8) is 0 Å². The molecule has 1 N–H and O–H groups in total. The van der Waals surface area contributed by atoms with Crippen molar-refractivity contribution in [1.82, 2.24) is 15.4 Å². The first kappa shape index (κ1) is 18.1. The number of carbonyl (C=O) groups excluding carboxylic acids is 2. The molecule has 2 amide bonds. The first-order valence-corrected chi connectivity index (χ1v) is 8.87. The molecule has 2 heterocycles. The fourth-order valence-electron chi connectivity index (χ4n) is 2.99. The van der Waals surface area contributed by atoms with Crippen LogP contribution in [0.2, 0.25) is 0 Å². The van der Waals surface area contributed by atoms with Gasteiger partial charge >= 0.3 is 0 Å². The molecule has 1 aliphatic rings. The molecular formula is C19H23N3O4. The summed E-state index contributed by atoms with van der Waals surface area (Å²) >= 11 is 0. The Morgan fingerprint density at radius 3 is 2.69 bits per heavy atom. The van der Waals surface area contributed by atoms with E-state index < -0.39 is 5.91 Å². The van der Waals surface area contributed by atoms with E-state index in [9.17, 15) is 9.59 Å². The predicted molar refractivity (Wildman–Crippen MR) is 95.5 cm³/mol. The Hall–Kier alpha value is -2.67. The number of likely N-dealkylation sites (tertiary alicyclic amines) is 1. The average Bonchev–Trinajstić information content (AvgIpc) is 3.18. The third-order valence-electron chi connectivity index (χ3n) is 4.40. The summed E-state index contributed by atoms with van der Waals surface area (Å²) in [5.74, 6) is -0.00590. The monoisotopic (exact) mass is 357 g/mol. The van der Waals surface area contributed by atoms with Crippen LogP contribution in [0.25, 0.3) is 11.3 Å². The van der Waals surface area contributed by atoms with E-state index in [1.54, 1.807) is 11.0 Å². The zero-order valence-electron chi connectivity index (χ0n) is 14.8. The summed E-state index contributed by atoms with van der Waals surface area (Å²) in [6.45, 7) is 3.92. The highest BCUT2D eigenvalue weighted by molar-refractivity contribution is 5.95. The Labute approximate surface area is 152 Å². The van der Waals surface area contributed by atoms with Crippen LogP contribution in [0.15, 0.2) is 40.9 Å². The van der Waals surface area contributed by atoms with Gasteiger partial charge in [-0.1, -0.05) is 35.5 Å². The number of aromatic nitrogens is 1. The Kier molecular flexibility index (Phi) is 6.01. The van der Waals surface area contributed by atoms with Gasteiger partial charge in [-0.2, -0.15) is 0 Å². The van der Waals surface area contributed by atoms with Crippen molar-refractivity contribution in [2.24, 2.45) is 0 Å². The molecule has 0 unspecified atom stereocenters. The summed E-state index contributed by atoms with van der Waals surface area (Å²) in [6, 6.07) is 11.0. The smallest absolute Gasteiger partial charge is 0.273 e. The Morgan fingerprint density at radius 1 is 1.27 bits per heavy atom. The van der Waals surface area contributed by atoms with Crippen molar-refractivity contribution in [1.29, 1.82) is 0 Å². The molecule has 0 atom stereocenters. The molecule has 0 saturated carbocycles. The molecule has 26 heavy (non-hydrogen) atoms. The molecular weight excluding hydrogens is 334 g/mol. The minimum atomic E-state index is -0.423. The Balaban J connectivity index is 1.48. The van der Waals surface area contributed by atoms with Gasteiger partial charge < -0.3 is 19.5 Å². The van der Waals surface area contributed by atoms with Crippen LogP contribution in [0.5, 0.6) is 0 Å². The van der Waals surface area contributed by atoms with Crippen molar-refractivity contribution < 1.29 is 18.8 Å². The highest BCUT2D eigenvalue weighted by atomic mass is 16.5. The Bertz CT molecular complexity index is 736. The number of benzene rings is 1. The predicted octanol–water partition coefficient (Wildman–Crippen LogP) is 2.10. The molecule has 1 saturated heterocycles. The van der Waals surface area contributed by atoms with E-state index in [1.165, 1.54) is 0 Å². The third kappa shape index (κ3) is 4.49. The van der Waals surface area contributed by atoms with Crippen LogP contribution in [-0.2, 0) is 9.53 Å². The number of ether oxygens (including phenoxy) is 1. The number of amides is 2. The number of nitrogens with zero attached hydrogens (tertiary/aromatic N) is 2. The van der Waals surface area contributed by atoms with E-state index in [1.807, 2.05) is 37.3 Å². The molecule has 3 rings (SSSR count). The van der Waals surface area contributed by atoms with Gasteiger partial charge in [-0.25, -0.2) is 0 Å². The summed E-state index contributed by atoms with van der Waals surface area (Å²) in [6.07, 6.45) is 1.89. The molecule has 0 aliphatic carbocycles.